The molecule has 1 heterocycles. The van der Waals surface area contributed by atoms with Crippen molar-refractivity contribution in [3.63, 3.8) is 0 Å². The minimum Gasteiger partial charge on any atom is -0.468 e. The molecule has 4 unspecified atom stereocenters. The molecule has 1 fully saturated rings. The second-order valence-electron chi connectivity index (χ2n) is 9.27. The van der Waals surface area contributed by atoms with Gasteiger partial charge in [0.1, 0.15) is 5.41 Å². The first-order valence-electron chi connectivity index (χ1n) is 10.3. The number of carbonyl (C=O) groups is 1. The van der Waals surface area contributed by atoms with Crippen LogP contribution in [0.1, 0.15) is 67.2 Å². The third kappa shape index (κ3) is 4.17. The molecule has 0 aromatic carbocycles. The third-order valence-electron chi connectivity index (χ3n) is 7.11. The Morgan fingerprint density at radius 1 is 1.37 bits per heavy atom. The Kier molecular flexibility index (Phi) is 6.96. The predicted molar refractivity (Wildman–Crippen MR) is 108 cm³/mol. The molecule has 0 amide bonds. The highest BCUT2D eigenvalue weighted by Gasteiger charge is 2.57. The van der Waals surface area contributed by atoms with Gasteiger partial charge in [0, 0.05) is 13.0 Å². The zero-order valence-corrected chi connectivity index (χ0v) is 18.2. The monoisotopic (exact) mass is 378 g/mol. The van der Waals surface area contributed by atoms with Crippen LogP contribution in [-0.2, 0) is 14.3 Å². The number of hydrogen-bond acceptors (Lipinski definition) is 4. The van der Waals surface area contributed by atoms with E-state index < -0.39 is 11.7 Å². The van der Waals surface area contributed by atoms with Crippen LogP contribution >= 0.6 is 0 Å². The number of rotatable bonds is 5. The fraction of sp³-hybridized carbons (Fsp3) is 0.783. The van der Waals surface area contributed by atoms with E-state index in [0.717, 1.165) is 30.6 Å². The van der Waals surface area contributed by atoms with E-state index in [1.165, 1.54) is 0 Å². The number of aliphatic hydroxyl groups is 1. The highest BCUT2D eigenvalue weighted by molar-refractivity contribution is 5.90. The fourth-order valence-corrected chi connectivity index (χ4v) is 4.90. The molecule has 154 valence electrons. The first-order chi connectivity index (χ1) is 12.6. The molecule has 0 aromatic rings. The summed E-state index contributed by atoms with van der Waals surface area (Å²) in [7, 11) is 1.63. The van der Waals surface area contributed by atoms with Crippen LogP contribution in [-0.4, -0.2) is 30.9 Å². The Morgan fingerprint density at radius 2 is 2.04 bits per heavy atom. The smallest absolute Gasteiger partial charge is 0.215 e. The minimum absolute atomic E-state index is 0.0571. The molecule has 2 aliphatic rings. The molecule has 0 aromatic heterocycles. The quantitative estimate of drug-likeness (QED) is 0.693. The second kappa shape index (κ2) is 8.48. The largest absolute Gasteiger partial charge is 0.468 e. The van der Waals surface area contributed by atoms with Crippen LogP contribution in [0.25, 0.3) is 0 Å². The zero-order chi connectivity index (χ0) is 20.4. The van der Waals surface area contributed by atoms with E-state index >= 15 is 0 Å². The van der Waals surface area contributed by atoms with E-state index in [-0.39, 0.29) is 29.6 Å². The highest BCUT2D eigenvalue weighted by Crippen LogP contribution is 2.53. The van der Waals surface area contributed by atoms with Crippen LogP contribution in [0, 0.1) is 28.6 Å². The summed E-state index contributed by atoms with van der Waals surface area (Å²) in [6.45, 7) is 13.0. The number of hydrogen-bond donors (Lipinski definition) is 1. The highest BCUT2D eigenvalue weighted by atomic mass is 16.7. The number of aliphatic hydroxyl groups excluding tert-OH is 1. The Morgan fingerprint density at radius 3 is 2.59 bits per heavy atom. The maximum absolute atomic E-state index is 13.9. The lowest BCUT2D eigenvalue weighted by Crippen LogP contribution is -2.51. The van der Waals surface area contributed by atoms with Crippen molar-refractivity contribution in [2.75, 3.05) is 13.7 Å². The van der Waals surface area contributed by atoms with E-state index in [4.69, 9.17) is 9.47 Å². The van der Waals surface area contributed by atoms with Crippen molar-refractivity contribution in [1.29, 1.82) is 0 Å². The van der Waals surface area contributed by atoms with Crippen molar-refractivity contribution in [3.05, 3.63) is 23.5 Å². The average Bonchev–Trinajstić information content (AvgIpc) is 2.97. The molecule has 5 atom stereocenters. The van der Waals surface area contributed by atoms with Crippen molar-refractivity contribution in [1.82, 2.24) is 0 Å². The molecular formula is C23H38O4. The van der Waals surface area contributed by atoms with E-state index in [2.05, 4.69) is 33.8 Å². The number of allylic oxidation sites excluding steroid dienone is 2. The Bertz CT molecular complexity index is 597. The summed E-state index contributed by atoms with van der Waals surface area (Å²) in [5, 5.41) is 9.53. The predicted octanol–water partition coefficient (Wildman–Crippen LogP) is 4.88. The van der Waals surface area contributed by atoms with Gasteiger partial charge in [0.25, 0.3) is 0 Å². The molecule has 1 aliphatic heterocycles. The number of ether oxygens (including phenoxy) is 2. The number of Topliss-reactive ketones (excluding diaryl/α,β-unsaturated/α-hetero) is 1. The average molecular weight is 379 g/mol. The summed E-state index contributed by atoms with van der Waals surface area (Å²) in [5.74, 6) is 1.51. The topological polar surface area (TPSA) is 55.8 Å². The van der Waals surface area contributed by atoms with Gasteiger partial charge in [-0.25, -0.2) is 0 Å². The Balaban J connectivity index is 2.49. The summed E-state index contributed by atoms with van der Waals surface area (Å²) in [5.41, 5.74) is 0.347. The van der Waals surface area contributed by atoms with Crippen LogP contribution in [0.3, 0.4) is 0 Å². The maximum atomic E-state index is 13.9. The molecule has 0 radical (unpaired) electrons. The summed E-state index contributed by atoms with van der Waals surface area (Å²) in [6.07, 6.45) is 6.80. The summed E-state index contributed by atoms with van der Waals surface area (Å²) < 4.78 is 11.6. The number of ketones is 1. The van der Waals surface area contributed by atoms with Crippen molar-refractivity contribution in [2.45, 2.75) is 73.5 Å². The first-order valence-corrected chi connectivity index (χ1v) is 10.3. The van der Waals surface area contributed by atoms with E-state index in [0.29, 0.717) is 12.3 Å². The van der Waals surface area contributed by atoms with Gasteiger partial charge in [-0.2, -0.15) is 0 Å². The standard InChI is InChI=1S/C23H38O4/c1-8-18(14-24)9-10-19-13-22(5,6)15(2)11-16(3)23(20(19)25)12-17(4)27-21(23)26-7/h9,12,15-16,19,21,24H,8,10-11,13-14H2,1-7H3/b18-9+/t15?,16-,19?,21?,23?/m1/s1. The number of carbonyl (C=O) groups excluding carboxylic acids is 1. The van der Waals surface area contributed by atoms with Crippen LogP contribution in [0.5, 0.6) is 0 Å². The molecule has 1 N–H and O–H groups in total. The van der Waals surface area contributed by atoms with Gasteiger partial charge in [0.15, 0.2) is 5.78 Å². The zero-order valence-electron chi connectivity index (χ0n) is 18.2. The van der Waals surface area contributed by atoms with Gasteiger partial charge in [-0.1, -0.05) is 40.7 Å². The second-order valence-corrected chi connectivity index (χ2v) is 9.27. The SMILES string of the molecule is CC/C(=C\CC1CC(C)(C)C(C)C[C@@H](C)C2(C=C(C)OC2OC)C1=O)CO. The molecule has 0 saturated heterocycles. The summed E-state index contributed by atoms with van der Waals surface area (Å²) >= 11 is 0. The van der Waals surface area contributed by atoms with Gasteiger partial charge in [0.05, 0.1) is 12.4 Å². The van der Waals surface area contributed by atoms with Gasteiger partial charge in [-0.15, -0.1) is 0 Å². The maximum Gasteiger partial charge on any atom is 0.215 e. The van der Waals surface area contributed by atoms with E-state index in [9.17, 15) is 9.90 Å². The lowest BCUT2D eigenvalue weighted by molar-refractivity contribution is -0.175. The van der Waals surface area contributed by atoms with Gasteiger partial charge in [0.2, 0.25) is 6.29 Å². The third-order valence-corrected chi connectivity index (χ3v) is 7.11. The fourth-order valence-electron chi connectivity index (χ4n) is 4.90. The van der Waals surface area contributed by atoms with Gasteiger partial charge in [-0.3, -0.25) is 4.79 Å². The van der Waals surface area contributed by atoms with Crippen molar-refractivity contribution in [2.24, 2.45) is 28.6 Å². The molecule has 4 nitrogen and oxygen atoms in total. The molecule has 1 saturated carbocycles. The minimum atomic E-state index is -0.728. The molecule has 1 spiro atoms. The Hall–Kier alpha value is -1.13. The van der Waals surface area contributed by atoms with Crippen molar-refractivity contribution < 1.29 is 19.4 Å². The van der Waals surface area contributed by atoms with Crippen LogP contribution in [0.4, 0.5) is 0 Å². The number of methoxy groups -OCH3 is 1. The lowest BCUT2D eigenvalue weighted by Gasteiger charge is -2.46. The van der Waals surface area contributed by atoms with Crippen LogP contribution in [0.15, 0.2) is 23.5 Å². The lowest BCUT2D eigenvalue weighted by atomic mass is 9.58. The molecule has 4 heteroatoms. The summed E-state index contributed by atoms with van der Waals surface area (Å²) in [4.78, 5) is 13.9. The van der Waals surface area contributed by atoms with E-state index in [1.54, 1.807) is 7.11 Å². The molecule has 1 aliphatic carbocycles. The molecule has 0 bridgehead atoms. The van der Waals surface area contributed by atoms with Crippen LogP contribution < -0.4 is 0 Å². The van der Waals surface area contributed by atoms with Gasteiger partial charge < -0.3 is 14.6 Å². The summed E-state index contributed by atoms with van der Waals surface area (Å²) in [6, 6.07) is 0. The van der Waals surface area contributed by atoms with Crippen LogP contribution in [0.2, 0.25) is 0 Å². The molecular weight excluding hydrogens is 340 g/mol. The normalized spacial score (nSPS) is 37.0. The Labute approximate surface area is 165 Å². The van der Waals surface area contributed by atoms with Crippen molar-refractivity contribution >= 4 is 5.78 Å². The molecule has 27 heavy (non-hydrogen) atoms. The molecule has 2 rings (SSSR count). The van der Waals surface area contributed by atoms with E-state index in [1.807, 2.05) is 19.9 Å². The van der Waals surface area contributed by atoms with Gasteiger partial charge >= 0.3 is 0 Å². The van der Waals surface area contributed by atoms with Crippen molar-refractivity contribution in [3.8, 4) is 0 Å². The first kappa shape index (κ1) is 22.2. The van der Waals surface area contributed by atoms with Gasteiger partial charge in [-0.05, 0) is 61.5 Å².